The molecule has 0 spiro atoms. The first-order valence-corrected chi connectivity index (χ1v) is 8.49. The average Bonchev–Trinajstić information content (AvgIpc) is 2.97. The molecule has 2 aromatic rings. The Bertz CT molecular complexity index is 581. The Balaban J connectivity index is 0.00000161. The van der Waals surface area contributed by atoms with Gasteiger partial charge < -0.3 is 9.88 Å². The number of thiophene rings is 1. The van der Waals surface area contributed by atoms with Crippen LogP contribution in [0.3, 0.4) is 0 Å². The second kappa shape index (κ2) is 7.44. The molecular formula is C13H17BrCl2N4S. The first-order valence-electron chi connectivity index (χ1n) is 6.51. The van der Waals surface area contributed by atoms with Gasteiger partial charge in [0.25, 0.3) is 0 Å². The zero-order valence-electron chi connectivity index (χ0n) is 11.6. The lowest BCUT2D eigenvalue weighted by Gasteiger charge is -2.35. The van der Waals surface area contributed by atoms with Crippen LogP contribution in [0.4, 0.5) is 0 Å². The van der Waals surface area contributed by atoms with Crippen LogP contribution in [0.25, 0.3) is 0 Å². The maximum Gasteiger partial charge on any atom is 0.127 e. The predicted molar refractivity (Wildman–Crippen MR) is 93.5 cm³/mol. The van der Waals surface area contributed by atoms with Gasteiger partial charge in [0.2, 0.25) is 0 Å². The lowest BCUT2D eigenvalue weighted by Crippen LogP contribution is -2.46. The molecule has 0 radical (unpaired) electrons. The highest BCUT2D eigenvalue weighted by Crippen LogP contribution is 2.34. The van der Waals surface area contributed by atoms with E-state index < -0.39 is 0 Å². The number of imidazole rings is 1. The summed E-state index contributed by atoms with van der Waals surface area (Å²) in [6, 6.07) is 2.42. The van der Waals surface area contributed by atoms with Gasteiger partial charge in [0.05, 0.1) is 6.04 Å². The molecule has 21 heavy (non-hydrogen) atoms. The lowest BCUT2D eigenvalue weighted by molar-refractivity contribution is 0.146. The molecule has 1 fully saturated rings. The smallest absolute Gasteiger partial charge is 0.127 e. The molecule has 0 amide bonds. The fourth-order valence-electron chi connectivity index (χ4n) is 2.56. The zero-order chi connectivity index (χ0) is 14.1. The first-order chi connectivity index (χ1) is 9.65. The number of nitrogens with one attached hydrogen (secondary N) is 1. The number of aromatic nitrogens is 2. The van der Waals surface area contributed by atoms with E-state index in [1.807, 2.05) is 19.4 Å². The largest absolute Gasteiger partial charge is 0.337 e. The van der Waals surface area contributed by atoms with Crippen molar-refractivity contribution >= 4 is 51.3 Å². The number of piperazine rings is 1. The van der Waals surface area contributed by atoms with Gasteiger partial charge in [-0.15, -0.1) is 23.7 Å². The summed E-state index contributed by atoms with van der Waals surface area (Å²) in [5.74, 6) is 1.11. The molecule has 116 valence electrons. The molecule has 8 heteroatoms. The van der Waals surface area contributed by atoms with Crippen LogP contribution in [0.2, 0.25) is 4.34 Å². The Hall–Kier alpha value is -0.110. The van der Waals surface area contributed by atoms with Crippen LogP contribution < -0.4 is 5.32 Å². The number of nitrogens with zero attached hydrogens (tertiary/aromatic N) is 3. The molecule has 1 unspecified atom stereocenters. The van der Waals surface area contributed by atoms with Crippen molar-refractivity contribution in [3.8, 4) is 0 Å². The lowest BCUT2D eigenvalue weighted by atomic mass is 10.1. The van der Waals surface area contributed by atoms with Crippen LogP contribution in [0, 0.1) is 0 Å². The van der Waals surface area contributed by atoms with Crippen LogP contribution in [0.5, 0.6) is 0 Å². The van der Waals surface area contributed by atoms with E-state index in [0.29, 0.717) is 6.04 Å². The molecular weight excluding hydrogens is 395 g/mol. The van der Waals surface area contributed by atoms with E-state index in [4.69, 9.17) is 11.6 Å². The van der Waals surface area contributed by atoms with Gasteiger partial charge in [-0.1, -0.05) is 11.6 Å². The minimum absolute atomic E-state index is 0. The Morgan fingerprint density at radius 2 is 2.38 bits per heavy atom. The van der Waals surface area contributed by atoms with E-state index >= 15 is 0 Å². The molecule has 4 nitrogen and oxygen atoms in total. The van der Waals surface area contributed by atoms with Crippen molar-refractivity contribution in [1.29, 1.82) is 0 Å². The molecule has 0 aromatic carbocycles. The highest BCUT2D eigenvalue weighted by atomic mass is 79.9. The van der Waals surface area contributed by atoms with Gasteiger partial charge in [-0.2, -0.15) is 0 Å². The zero-order valence-corrected chi connectivity index (χ0v) is 15.5. The van der Waals surface area contributed by atoms with Crippen molar-refractivity contribution in [2.45, 2.75) is 12.6 Å². The number of hydrogen-bond acceptors (Lipinski definition) is 4. The van der Waals surface area contributed by atoms with Crippen LogP contribution >= 0.6 is 51.3 Å². The molecule has 2 aromatic heterocycles. The minimum Gasteiger partial charge on any atom is -0.337 e. The standard InChI is InChI=1S/C13H16BrClN4S.ClH/c1-18-4-3-17-13(18)11-7-16-2-5-19(11)8-9-6-10(14)12(15)20-9;/h3-4,6,11,16H,2,5,7-8H2,1H3;1H. The minimum atomic E-state index is 0. The van der Waals surface area contributed by atoms with Gasteiger partial charge in [0, 0.05) is 55.0 Å². The van der Waals surface area contributed by atoms with Gasteiger partial charge in [0.1, 0.15) is 10.2 Å². The van der Waals surface area contributed by atoms with Crippen LogP contribution in [-0.2, 0) is 13.6 Å². The van der Waals surface area contributed by atoms with Crippen LogP contribution in [0.15, 0.2) is 22.9 Å². The maximum atomic E-state index is 6.13. The van der Waals surface area contributed by atoms with Gasteiger partial charge in [-0.05, 0) is 22.0 Å². The van der Waals surface area contributed by atoms with E-state index in [0.717, 1.165) is 40.8 Å². The van der Waals surface area contributed by atoms with E-state index in [1.165, 1.54) is 4.88 Å². The Kier molecular flexibility index (Phi) is 6.11. The summed E-state index contributed by atoms with van der Waals surface area (Å²) in [5, 5.41) is 3.46. The van der Waals surface area contributed by atoms with E-state index in [2.05, 4.69) is 41.8 Å². The number of halogens is 3. The summed E-state index contributed by atoms with van der Waals surface area (Å²) in [6.07, 6.45) is 3.86. The normalized spacial score (nSPS) is 19.5. The highest BCUT2D eigenvalue weighted by Gasteiger charge is 2.27. The number of hydrogen-bond donors (Lipinski definition) is 1. The van der Waals surface area contributed by atoms with E-state index in [-0.39, 0.29) is 12.4 Å². The van der Waals surface area contributed by atoms with Crippen molar-refractivity contribution in [1.82, 2.24) is 19.8 Å². The van der Waals surface area contributed by atoms with Crippen molar-refractivity contribution in [2.24, 2.45) is 7.05 Å². The molecule has 0 aliphatic carbocycles. The molecule has 0 saturated carbocycles. The van der Waals surface area contributed by atoms with Crippen LogP contribution in [-0.4, -0.2) is 34.1 Å². The molecule has 0 bridgehead atoms. The Morgan fingerprint density at radius 3 is 3.00 bits per heavy atom. The molecule has 1 atom stereocenters. The van der Waals surface area contributed by atoms with E-state index in [1.54, 1.807) is 11.3 Å². The molecule has 3 heterocycles. The number of rotatable bonds is 3. The second-order valence-corrected chi connectivity index (χ2v) is 7.51. The SMILES string of the molecule is Cl.Cn1ccnc1C1CNCCN1Cc1cc(Br)c(Cl)s1. The molecule has 1 aliphatic heterocycles. The number of aryl methyl sites for hydroxylation is 1. The summed E-state index contributed by atoms with van der Waals surface area (Å²) in [7, 11) is 2.05. The van der Waals surface area contributed by atoms with E-state index in [9.17, 15) is 0 Å². The van der Waals surface area contributed by atoms with Gasteiger partial charge in [-0.3, -0.25) is 4.90 Å². The third-order valence-corrected chi connectivity index (χ3v) is 6.03. The van der Waals surface area contributed by atoms with Crippen molar-refractivity contribution in [3.63, 3.8) is 0 Å². The monoisotopic (exact) mass is 410 g/mol. The summed E-state index contributed by atoms with van der Waals surface area (Å²) < 4.78 is 3.91. The summed E-state index contributed by atoms with van der Waals surface area (Å²) >= 11 is 11.3. The summed E-state index contributed by atoms with van der Waals surface area (Å²) in [5.41, 5.74) is 0. The van der Waals surface area contributed by atoms with Gasteiger partial charge in [0.15, 0.2) is 0 Å². The molecule has 1 saturated heterocycles. The molecule has 3 rings (SSSR count). The van der Waals surface area contributed by atoms with Gasteiger partial charge >= 0.3 is 0 Å². The molecule has 1 aliphatic rings. The highest BCUT2D eigenvalue weighted by molar-refractivity contribution is 9.10. The third kappa shape index (κ3) is 3.81. The van der Waals surface area contributed by atoms with Gasteiger partial charge in [-0.25, -0.2) is 4.98 Å². The van der Waals surface area contributed by atoms with Crippen LogP contribution in [0.1, 0.15) is 16.7 Å². The fraction of sp³-hybridized carbons (Fsp3) is 0.462. The summed E-state index contributed by atoms with van der Waals surface area (Å²) in [6.45, 7) is 3.88. The Morgan fingerprint density at radius 1 is 1.57 bits per heavy atom. The van der Waals surface area contributed by atoms with Crippen molar-refractivity contribution in [3.05, 3.63) is 38.0 Å². The second-order valence-electron chi connectivity index (χ2n) is 4.92. The topological polar surface area (TPSA) is 33.1 Å². The fourth-order valence-corrected chi connectivity index (χ4v) is 4.37. The van der Waals surface area contributed by atoms with Crippen molar-refractivity contribution < 1.29 is 0 Å². The first kappa shape index (κ1) is 17.2. The Labute approximate surface area is 148 Å². The predicted octanol–water partition coefficient (Wildman–Crippen LogP) is 3.47. The third-order valence-electron chi connectivity index (χ3n) is 3.57. The van der Waals surface area contributed by atoms with Crippen molar-refractivity contribution in [2.75, 3.05) is 19.6 Å². The maximum absolute atomic E-state index is 6.13. The summed E-state index contributed by atoms with van der Waals surface area (Å²) in [4.78, 5) is 8.25. The average molecular weight is 412 g/mol. The molecule has 1 N–H and O–H groups in total. The quantitative estimate of drug-likeness (QED) is 0.839.